The summed E-state index contributed by atoms with van der Waals surface area (Å²) < 4.78 is 65.5. The number of nitrogens with zero attached hydrogens (tertiary/aromatic N) is 2. The Labute approximate surface area is 174 Å². The molecule has 0 aliphatic carbocycles. The highest BCUT2D eigenvalue weighted by molar-refractivity contribution is 6.33. The van der Waals surface area contributed by atoms with E-state index in [2.05, 4.69) is 10.1 Å². The van der Waals surface area contributed by atoms with Gasteiger partial charge in [-0.25, -0.2) is 13.6 Å². The first kappa shape index (κ1) is 22.2. The topological polar surface area (TPSA) is 82.9 Å². The summed E-state index contributed by atoms with van der Waals surface area (Å²) in [7, 11) is 0. The van der Waals surface area contributed by atoms with Gasteiger partial charge in [-0.1, -0.05) is 23.2 Å². The maximum absolute atomic E-state index is 14.1. The Bertz CT molecular complexity index is 1150. The van der Waals surface area contributed by atoms with E-state index in [0.29, 0.717) is 0 Å². The van der Waals surface area contributed by atoms with Gasteiger partial charge >= 0.3 is 11.9 Å². The van der Waals surface area contributed by atoms with Gasteiger partial charge in [-0.15, -0.1) is 5.10 Å². The number of nitrogens with one attached hydrogen (secondary N) is 2. The van der Waals surface area contributed by atoms with Gasteiger partial charge in [-0.3, -0.25) is 10.3 Å². The number of H-pyrrole nitrogens is 1. The average Bonchev–Trinajstić information content (AvgIpc) is 3.03. The van der Waals surface area contributed by atoms with Crippen molar-refractivity contribution < 1.29 is 27.1 Å². The minimum atomic E-state index is -4.94. The Morgan fingerprint density at radius 3 is 2.47 bits per heavy atom. The minimum absolute atomic E-state index is 0.0143. The predicted octanol–water partition coefficient (Wildman–Crippen LogP) is 3.78. The van der Waals surface area contributed by atoms with Crippen LogP contribution in [0.2, 0.25) is 10.0 Å². The lowest BCUT2D eigenvalue weighted by Gasteiger charge is -2.16. The summed E-state index contributed by atoms with van der Waals surface area (Å²) >= 11 is 11.7. The van der Waals surface area contributed by atoms with E-state index in [4.69, 9.17) is 28.3 Å². The van der Waals surface area contributed by atoms with Crippen LogP contribution in [0.3, 0.4) is 0 Å². The molecule has 13 heteroatoms. The van der Waals surface area contributed by atoms with E-state index >= 15 is 0 Å². The van der Waals surface area contributed by atoms with E-state index in [0.717, 1.165) is 28.9 Å². The van der Waals surface area contributed by atoms with Crippen molar-refractivity contribution in [2.75, 3.05) is 0 Å². The summed E-state index contributed by atoms with van der Waals surface area (Å²) in [5.41, 5.74) is -0.874. The van der Waals surface area contributed by atoms with Crippen molar-refractivity contribution in [2.24, 2.45) is 0 Å². The number of benzene rings is 2. The molecule has 2 aromatic carbocycles. The third kappa shape index (κ3) is 4.64. The molecule has 1 heterocycles. The van der Waals surface area contributed by atoms with Crippen molar-refractivity contribution >= 4 is 23.2 Å². The van der Waals surface area contributed by atoms with Gasteiger partial charge < -0.3 is 5.11 Å². The Morgan fingerprint density at radius 2 is 1.83 bits per heavy atom. The van der Waals surface area contributed by atoms with Gasteiger partial charge in [0, 0.05) is 17.7 Å². The zero-order valence-electron chi connectivity index (χ0n) is 14.6. The van der Waals surface area contributed by atoms with Crippen LogP contribution >= 0.6 is 23.2 Å². The Morgan fingerprint density at radius 1 is 1.13 bits per heavy atom. The number of aliphatic hydroxyl groups excluding tert-OH is 1. The van der Waals surface area contributed by atoms with Crippen molar-refractivity contribution in [1.82, 2.24) is 20.1 Å². The third-order valence-electron chi connectivity index (χ3n) is 3.95. The number of halogens is 7. The molecule has 0 saturated carbocycles. The molecule has 6 nitrogen and oxygen atoms in total. The molecule has 0 saturated heterocycles. The maximum Gasteiger partial charge on any atom is 0.427 e. The molecule has 0 fully saturated rings. The van der Waals surface area contributed by atoms with E-state index in [9.17, 15) is 26.7 Å². The first-order valence-corrected chi connectivity index (χ1v) is 8.84. The molecule has 0 bridgehead atoms. The highest BCUT2D eigenvalue weighted by Crippen LogP contribution is 2.29. The quantitative estimate of drug-likeness (QED) is 0.393. The van der Waals surface area contributed by atoms with Crippen molar-refractivity contribution in [3.8, 4) is 17.1 Å². The van der Waals surface area contributed by atoms with Crippen LogP contribution in [0.15, 0.2) is 35.1 Å². The molecule has 0 amide bonds. The van der Waals surface area contributed by atoms with Crippen molar-refractivity contribution in [1.29, 1.82) is 0 Å². The van der Waals surface area contributed by atoms with Crippen LogP contribution in [0.1, 0.15) is 5.56 Å². The summed E-state index contributed by atoms with van der Waals surface area (Å²) in [4.78, 5) is 14.6. The smallest absolute Gasteiger partial charge is 0.370 e. The van der Waals surface area contributed by atoms with Crippen LogP contribution in [-0.2, 0) is 6.54 Å². The normalized spacial score (nSPS) is 12.9. The van der Waals surface area contributed by atoms with Crippen molar-refractivity contribution in [2.45, 2.75) is 18.9 Å². The van der Waals surface area contributed by atoms with Crippen molar-refractivity contribution in [3.63, 3.8) is 0 Å². The fraction of sp³-hybridized carbons (Fsp3) is 0.176. The molecule has 3 rings (SSSR count). The van der Waals surface area contributed by atoms with Crippen molar-refractivity contribution in [3.05, 3.63) is 68.1 Å². The molecule has 30 heavy (non-hydrogen) atoms. The summed E-state index contributed by atoms with van der Waals surface area (Å²) in [6, 6.07) is 5.34. The van der Waals surface area contributed by atoms with E-state index < -0.39 is 36.3 Å². The number of hydrogen-bond donors (Lipinski definition) is 3. The molecule has 1 atom stereocenters. The highest BCUT2D eigenvalue weighted by atomic mass is 35.5. The van der Waals surface area contributed by atoms with Crippen LogP contribution in [-0.4, -0.2) is 32.3 Å². The average molecular weight is 469 g/mol. The molecule has 0 aliphatic heterocycles. The van der Waals surface area contributed by atoms with Gasteiger partial charge in [0.05, 0.1) is 15.7 Å². The van der Waals surface area contributed by atoms with Crippen LogP contribution in [0.25, 0.3) is 17.1 Å². The molecule has 1 aromatic heterocycles. The molecule has 0 radical (unpaired) electrons. The zero-order chi connectivity index (χ0) is 22.2. The minimum Gasteiger partial charge on any atom is -0.370 e. The number of hydrogen-bond acceptors (Lipinski definition) is 4. The third-order valence-corrected chi connectivity index (χ3v) is 4.55. The van der Waals surface area contributed by atoms with E-state index in [1.165, 1.54) is 6.07 Å². The van der Waals surface area contributed by atoms with Gasteiger partial charge in [-0.2, -0.15) is 17.9 Å². The number of aromatic nitrogens is 3. The second kappa shape index (κ2) is 8.34. The summed E-state index contributed by atoms with van der Waals surface area (Å²) in [5.74, 6) is -1.76. The van der Waals surface area contributed by atoms with E-state index in [1.807, 2.05) is 0 Å². The number of alkyl halides is 3. The van der Waals surface area contributed by atoms with E-state index in [1.54, 1.807) is 5.32 Å². The summed E-state index contributed by atoms with van der Waals surface area (Å²) in [6.07, 6.45) is -7.80. The van der Waals surface area contributed by atoms with Crippen LogP contribution in [0.4, 0.5) is 22.0 Å². The van der Waals surface area contributed by atoms with Crippen LogP contribution in [0, 0.1) is 11.6 Å². The molecule has 3 aromatic rings. The molecule has 0 spiro atoms. The largest absolute Gasteiger partial charge is 0.427 e. The molecular weight excluding hydrogens is 458 g/mol. The second-order valence-electron chi connectivity index (χ2n) is 6.04. The van der Waals surface area contributed by atoms with Crippen LogP contribution < -0.4 is 11.0 Å². The van der Waals surface area contributed by atoms with E-state index in [-0.39, 0.29) is 32.7 Å². The Kier molecular flexibility index (Phi) is 6.18. The zero-order valence-corrected chi connectivity index (χ0v) is 16.1. The fourth-order valence-corrected chi connectivity index (χ4v) is 2.89. The second-order valence-corrected chi connectivity index (χ2v) is 6.85. The fourth-order valence-electron chi connectivity index (χ4n) is 2.47. The SMILES string of the molecule is O=c1[nH]c(-c2cc(CNC(O)C(F)(F)F)c(F)cc2Cl)nn1-c1ccc(F)c(Cl)c1. The predicted molar refractivity (Wildman–Crippen MR) is 98.5 cm³/mol. The lowest BCUT2D eigenvalue weighted by molar-refractivity contribution is -0.214. The maximum atomic E-state index is 14.1. The standard InChI is InChI=1S/C17H11Cl2F5N4O2/c18-10-5-13(21)7(6-25-15(29)17(22,23)24)3-9(10)14-26-16(30)28(27-14)8-1-2-12(20)11(19)4-8/h1-5,15,25,29H,6H2,(H,26,27,30). The molecule has 1 unspecified atom stereocenters. The summed E-state index contributed by atoms with van der Waals surface area (Å²) in [6.45, 7) is -0.685. The highest BCUT2D eigenvalue weighted by Gasteiger charge is 2.38. The van der Waals surface area contributed by atoms with Gasteiger partial charge in [0.25, 0.3) is 0 Å². The van der Waals surface area contributed by atoms with Gasteiger partial charge in [0.2, 0.25) is 6.23 Å². The Balaban J connectivity index is 1.96. The first-order chi connectivity index (χ1) is 14.0. The van der Waals surface area contributed by atoms with Gasteiger partial charge in [0.1, 0.15) is 11.6 Å². The number of rotatable bonds is 5. The lowest BCUT2D eigenvalue weighted by Crippen LogP contribution is -2.41. The molecule has 3 N–H and O–H groups in total. The van der Waals surface area contributed by atoms with Gasteiger partial charge in [-0.05, 0) is 30.3 Å². The molecular formula is C17H11Cl2F5N4O2. The number of aliphatic hydroxyl groups is 1. The number of aromatic amines is 1. The van der Waals surface area contributed by atoms with Gasteiger partial charge in [0.15, 0.2) is 5.82 Å². The first-order valence-electron chi connectivity index (χ1n) is 8.08. The monoisotopic (exact) mass is 468 g/mol. The molecule has 160 valence electrons. The van der Waals surface area contributed by atoms with Crippen LogP contribution in [0.5, 0.6) is 0 Å². The lowest BCUT2D eigenvalue weighted by atomic mass is 10.1. The Hall–Kier alpha value is -2.47. The summed E-state index contributed by atoms with van der Waals surface area (Å²) in [5, 5.41) is 14.3. The molecule has 0 aliphatic rings.